The van der Waals surface area contributed by atoms with E-state index in [1.54, 1.807) is 6.20 Å². The van der Waals surface area contributed by atoms with E-state index in [0.29, 0.717) is 6.42 Å². The summed E-state index contributed by atoms with van der Waals surface area (Å²) in [7, 11) is 3.98. The van der Waals surface area contributed by atoms with Gasteiger partial charge < -0.3 is 10.0 Å². The highest BCUT2D eigenvalue weighted by atomic mass is 79.9. The highest BCUT2D eigenvalue weighted by molar-refractivity contribution is 9.10. The molecule has 3 nitrogen and oxygen atoms in total. The van der Waals surface area contributed by atoms with E-state index in [2.05, 4.69) is 20.9 Å². The molecule has 1 N–H and O–H groups in total. The largest absolute Gasteiger partial charge is 0.388 e. The number of aliphatic hydroxyl groups excluding tert-OH is 1. The molecule has 1 atom stereocenters. The van der Waals surface area contributed by atoms with Gasteiger partial charge in [0.2, 0.25) is 0 Å². The Morgan fingerprint density at radius 3 is 2.68 bits per heavy atom. The van der Waals surface area contributed by atoms with Crippen molar-refractivity contribution in [3.05, 3.63) is 58.3 Å². The Hall–Kier alpha value is -1.39. The molecule has 1 unspecified atom stereocenters. The van der Waals surface area contributed by atoms with Crippen LogP contribution in [0.5, 0.6) is 0 Å². The van der Waals surface area contributed by atoms with Crippen LogP contribution in [0.3, 0.4) is 0 Å². The molecule has 1 heterocycles. The summed E-state index contributed by atoms with van der Waals surface area (Å²) in [6, 6.07) is 11.8. The SMILES string of the molecule is CN(C)c1cccc(C(O)Cc2ccc(Br)cn2)c1. The maximum Gasteiger partial charge on any atom is 0.0846 e. The fourth-order valence-electron chi connectivity index (χ4n) is 1.85. The van der Waals surface area contributed by atoms with E-state index >= 15 is 0 Å². The first-order chi connectivity index (χ1) is 9.06. The van der Waals surface area contributed by atoms with E-state index in [0.717, 1.165) is 21.4 Å². The fraction of sp³-hybridized carbons (Fsp3) is 0.267. The van der Waals surface area contributed by atoms with Crippen molar-refractivity contribution in [1.29, 1.82) is 0 Å². The summed E-state index contributed by atoms with van der Waals surface area (Å²) >= 11 is 3.35. The second kappa shape index (κ2) is 6.17. The number of pyridine rings is 1. The lowest BCUT2D eigenvalue weighted by atomic mass is 10.0. The smallest absolute Gasteiger partial charge is 0.0846 e. The Bertz CT molecular complexity index is 540. The number of benzene rings is 1. The number of aromatic nitrogens is 1. The van der Waals surface area contributed by atoms with Gasteiger partial charge in [-0.25, -0.2) is 0 Å². The Morgan fingerprint density at radius 2 is 2.05 bits per heavy atom. The Labute approximate surface area is 122 Å². The van der Waals surface area contributed by atoms with Crippen LogP contribution in [0.15, 0.2) is 47.1 Å². The van der Waals surface area contributed by atoms with Crippen molar-refractivity contribution < 1.29 is 5.11 Å². The quantitative estimate of drug-likeness (QED) is 0.939. The van der Waals surface area contributed by atoms with E-state index in [4.69, 9.17) is 0 Å². The second-order valence-corrected chi connectivity index (χ2v) is 5.59. The fourth-order valence-corrected chi connectivity index (χ4v) is 2.09. The molecule has 0 amide bonds. The predicted octanol–water partition coefficient (Wildman–Crippen LogP) is 3.19. The van der Waals surface area contributed by atoms with Gasteiger partial charge in [0, 0.05) is 42.6 Å². The number of hydrogen-bond donors (Lipinski definition) is 1. The van der Waals surface area contributed by atoms with Gasteiger partial charge in [0.25, 0.3) is 0 Å². The molecule has 2 aromatic rings. The molecule has 2 rings (SSSR count). The molecule has 4 heteroatoms. The lowest BCUT2D eigenvalue weighted by Gasteiger charge is -2.16. The molecule has 19 heavy (non-hydrogen) atoms. The second-order valence-electron chi connectivity index (χ2n) is 4.68. The monoisotopic (exact) mass is 320 g/mol. The molecule has 0 aliphatic carbocycles. The Kier molecular flexibility index (Phi) is 4.56. The van der Waals surface area contributed by atoms with Crippen molar-refractivity contribution in [2.75, 3.05) is 19.0 Å². The van der Waals surface area contributed by atoms with Gasteiger partial charge in [-0.15, -0.1) is 0 Å². The van der Waals surface area contributed by atoms with Gasteiger partial charge in [0.05, 0.1) is 6.10 Å². The average Bonchev–Trinajstić information content (AvgIpc) is 2.41. The molecule has 0 aliphatic rings. The summed E-state index contributed by atoms with van der Waals surface area (Å²) in [6.07, 6.45) is 1.73. The lowest BCUT2D eigenvalue weighted by molar-refractivity contribution is 0.177. The molecule has 0 aliphatic heterocycles. The van der Waals surface area contributed by atoms with Crippen LogP contribution in [0, 0.1) is 0 Å². The van der Waals surface area contributed by atoms with E-state index < -0.39 is 6.10 Å². The third kappa shape index (κ3) is 3.78. The van der Waals surface area contributed by atoms with E-state index in [-0.39, 0.29) is 0 Å². The van der Waals surface area contributed by atoms with Crippen LogP contribution in [0.25, 0.3) is 0 Å². The van der Waals surface area contributed by atoms with Crippen LogP contribution >= 0.6 is 15.9 Å². The van der Waals surface area contributed by atoms with Crippen LogP contribution in [0.1, 0.15) is 17.4 Å². The normalized spacial score (nSPS) is 12.2. The molecule has 1 aromatic carbocycles. The topological polar surface area (TPSA) is 36.4 Å². The zero-order valence-electron chi connectivity index (χ0n) is 11.0. The first-order valence-corrected chi connectivity index (χ1v) is 6.91. The summed E-state index contributed by atoms with van der Waals surface area (Å²) in [5.74, 6) is 0. The number of nitrogens with zero attached hydrogens (tertiary/aromatic N) is 2. The molecule has 0 saturated heterocycles. The van der Waals surface area contributed by atoms with E-state index in [1.807, 2.05) is 55.4 Å². The minimum Gasteiger partial charge on any atom is -0.388 e. The van der Waals surface area contributed by atoms with E-state index in [1.165, 1.54) is 0 Å². The molecule has 100 valence electrons. The molecule has 0 spiro atoms. The van der Waals surface area contributed by atoms with Crippen LogP contribution in [0.2, 0.25) is 0 Å². The molecular weight excluding hydrogens is 304 g/mol. The van der Waals surface area contributed by atoms with Crippen molar-refractivity contribution in [2.24, 2.45) is 0 Å². The van der Waals surface area contributed by atoms with Gasteiger partial charge in [-0.3, -0.25) is 4.98 Å². The number of halogens is 1. The molecular formula is C15H17BrN2O. The number of rotatable bonds is 4. The summed E-state index contributed by atoms with van der Waals surface area (Å²) in [6.45, 7) is 0. The predicted molar refractivity (Wildman–Crippen MR) is 81.4 cm³/mol. The third-order valence-electron chi connectivity index (χ3n) is 2.96. The van der Waals surface area contributed by atoms with E-state index in [9.17, 15) is 5.11 Å². The highest BCUT2D eigenvalue weighted by Crippen LogP contribution is 2.22. The maximum absolute atomic E-state index is 10.3. The van der Waals surface area contributed by atoms with Crippen molar-refractivity contribution in [3.8, 4) is 0 Å². The summed E-state index contributed by atoms with van der Waals surface area (Å²) in [5.41, 5.74) is 2.88. The van der Waals surface area contributed by atoms with Crippen LogP contribution in [-0.2, 0) is 6.42 Å². The Balaban J connectivity index is 2.13. The molecule has 0 radical (unpaired) electrons. The minimum atomic E-state index is -0.534. The number of aliphatic hydroxyl groups is 1. The highest BCUT2D eigenvalue weighted by Gasteiger charge is 2.10. The number of hydrogen-bond acceptors (Lipinski definition) is 3. The molecule has 0 bridgehead atoms. The molecule has 0 saturated carbocycles. The van der Waals surface area contributed by atoms with Gasteiger partial charge in [-0.05, 0) is 45.8 Å². The zero-order valence-corrected chi connectivity index (χ0v) is 12.6. The zero-order chi connectivity index (χ0) is 13.8. The van der Waals surface area contributed by atoms with Gasteiger partial charge in [0.15, 0.2) is 0 Å². The summed E-state index contributed by atoms with van der Waals surface area (Å²) in [4.78, 5) is 6.31. The summed E-state index contributed by atoms with van der Waals surface area (Å²) < 4.78 is 0.945. The lowest BCUT2D eigenvalue weighted by Crippen LogP contribution is -2.10. The average molecular weight is 321 g/mol. The van der Waals surface area contributed by atoms with Crippen LogP contribution in [-0.4, -0.2) is 24.2 Å². The Morgan fingerprint density at radius 1 is 1.26 bits per heavy atom. The third-order valence-corrected chi connectivity index (χ3v) is 3.43. The van der Waals surface area contributed by atoms with Gasteiger partial charge in [-0.1, -0.05) is 12.1 Å². The first-order valence-electron chi connectivity index (χ1n) is 6.12. The van der Waals surface area contributed by atoms with Gasteiger partial charge in [0.1, 0.15) is 0 Å². The number of anilines is 1. The minimum absolute atomic E-state index is 0.518. The van der Waals surface area contributed by atoms with Crippen molar-refractivity contribution >= 4 is 21.6 Å². The van der Waals surface area contributed by atoms with Crippen molar-refractivity contribution in [3.63, 3.8) is 0 Å². The van der Waals surface area contributed by atoms with Crippen molar-refractivity contribution in [1.82, 2.24) is 4.98 Å². The van der Waals surface area contributed by atoms with Gasteiger partial charge >= 0.3 is 0 Å². The van der Waals surface area contributed by atoms with Gasteiger partial charge in [-0.2, -0.15) is 0 Å². The van der Waals surface area contributed by atoms with Crippen molar-refractivity contribution in [2.45, 2.75) is 12.5 Å². The summed E-state index contributed by atoms with van der Waals surface area (Å²) in [5, 5.41) is 10.3. The molecule has 1 aromatic heterocycles. The first kappa shape index (κ1) is 14.0. The maximum atomic E-state index is 10.3. The standard InChI is InChI=1S/C15H17BrN2O/c1-18(2)14-5-3-4-11(8-14)15(19)9-13-7-6-12(16)10-17-13/h3-8,10,15,19H,9H2,1-2H3. The van der Waals surface area contributed by atoms with Crippen LogP contribution in [0.4, 0.5) is 5.69 Å². The van der Waals surface area contributed by atoms with Crippen LogP contribution < -0.4 is 4.90 Å². The molecule has 0 fully saturated rings.